The van der Waals surface area contributed by atoms with E-state index in [1.807, 2.05) is 62.4 Å². The van der Waals surface area contributed by atoms with Crippen molar-refractivity contribution >= 4 is 11.6 Å². The molecule has 0 heterocycles. The lowest BCUT2D eigenvalue weighted by molar-refractivity contribution is 1.43. The molecule has 0 fully saturated rings. The Balaban J connectivity index is 0.000000171. The number of hydrogen-bond donors (Lipinski definition) is 0. The summed E-state index contributed by atoms with van der Waals surface area (Å²) in [4.78, 5) is 0. The summed E-state index contributed by atoms with van der Waals surface area (Å²) in [6, 6.07) is 17.3. The first-order chi connectivity index (χ1) is 8.11. The van der Waals surface area contributed by atoms with Crippen molar-refractivity contribution < 1.29 is 0 Å². The SMILES string of the molecule is Cc1ccc(C#N)cc1.Cc1ccc(Cl)cc1. The largest absolute Gasteiger partial charge is 0.192 e. The minimum atomic E-state index is 0.723. The summed E-state index contributed by atoms with van der Waals surface area (Å²) in [5.74, 6) is 0. The molecule has 0 atom stereocenters. The van der Waals surface area contributed by atoms with Gasteiger partial charge in [-0.3, -0.25) is 0 Å². The molecule has 0 amide bonds. The second-order valence-electron chi connectivity index (χ2n) is 3.77. The molecule has 0 bridgehead atoms. The van der Waals surface area contributed by atoms with E-state index in [1.54, 1.807) is 0 Å². The van der Waals surface area contributed by atoms with Crippen LogP contribution >= 0.6 is 11.6 Å². The molecule has 0 radical (unpaired) electrons. The summed E-state index contributed by atoms with van der Waals surface area (Å²) >= 11 is 5.61. The number of halogens is 1. The van der Waals surface area contributed by atoms with Gasteiger partial charge in [0.25, 0.3) is 0 Å². The van der Waals surface area contributed by atoms with Crippen molar-refractivity contribution in [3.05, 3.63) is 70.2 Å². The summed E-state index contributed by atoms with van der Waals surface area (Å²) in [6.07, 6.45) is 0. The molecule has 2 aromatic carbocycles. The summed E-state index contributed by atoms with van der Waals surface area (Å²) in [6.45, 7) is 4.04. The van der Waals surface area contributed by atoms with Gasteiger partial charge in [0.1, 0.15) is 0 Å². The van der Waals surface area contributed by atoms with Gasteiger partial charge >= 0.3 is 0 Å². The third kappa shape index (κ3) is 5.19. The molecular formula is C15H14ClN. The van der Waals surface area contributed by atoms with Crippen LogP contribution in [-0.4, -0.2) is 0 Å². The van der Waals surface area contributed by atoms with Crippen LogP contribution in [0.2, 0.25) is 5.02 Å². The van der Waals surface area contributed by atoms with Gasteiger partial charge in [0, 0.05) is 5.02 Å². The predicted octanol–water partition coefficient (Wildman–Crippen LogP) is 4.52. The summed E-state index contributed by atoms with van der Waals surface area (Å²) in [7, 11) is 0. The number of hydrogen-bond acceptors (Lipinski definition) is 1. The standard InChI is InChI=1S/C8H7N.C7H7Cl/c1-7-2-4-8(6-9)5-3-7;1-6-2-4-7(8)5-3-6/h2-5H,1H3;2-5H,1H3. The van der Waals surface area contributed by atoms with E-state index >= 15 is 0 Å². The zero-order valence-corrected chi connectivity index (χ0v) is 10.7. The lowest BCUT2D eigenvalue weighted by atomic mass is 10.2. The first-order valence-corrected chi connectivity index (χ1v) is 5.68. The maximum atomic E-state index is 8.38. The first-order valence-electron chi connectivity index (χ1n) is 5.31. The van der Waals surface area contributed by atoms with Gasteiger partial charge in [0.15, 0.2) is 0 Å². The van der Waals surface area contributed by atoms with Crippen LogP contribution in [0.15, 0.2) is 48.5 Å². The highest BCUT2D eigenvalue weighted by Gasteiger charge is 1.85. The highest BCUT2D eigenvalue weighted by molar-refractivity contribution is 6.30. The number of aryl methyl sites for hydroxylation is 2. The zero-order valence-electron chi connectivity index (χ0n) is 9.94. The van der Waals surface area contributed by atoms with Crippen LogP contribution < -0.4 is 0 Å². The Morgan fingerprint density at radius 3 is 1.59 bits per heavy atom. The zero-order chi connectivity index (χ0) is 12.7. The molecule has 86 valence electrons. The molecule has 2 heteroatoms. The second kappa shape index (κ2) is 6.73. The van der Waals surface area contributed by atoms with E-state index < -0.39 is 0 Å². The molecule has 0 N–H and O–H groups in total. The van der Waals surface area contributed by atoms with Crippen LogP contribution in [0.4, 0.5) is 0 Å². The molecule has 1 nitrogen and oxygen atoms in total. The molecule has 0 saturated carbocycles. The van der Waals surface area contributed by atoms with Gasteiger partial charge < -0.3 is 0 Å². The normalized spacial score (nSPS) is 8.82. The van der Waals surface area contributed by atoms with Crippen LogP contribution in [0.25, 0.3) is 0 Å². The van der Waals surface area contributed by atoms with E-state index in [1.165, 1.54) is 11.1 Å². The van der Waals surface area contributed by atoms with Gasteiger partial charge in [-0.1, -0.05) is 47.0 Å². The van der Waals surface area contributed by atoms with E-state index in [0.29, 0.717) is 0 Å². The molecule has 0 unspecified atom stereocenters. The molecule has 17 heavy (non-hydrogen) atoms. The second-order valence-corrected chi connectivity index (χ2v) is 4.21. The highest BCUT2D eigenvalue weighted by atomic mass is 35.5. The summed E-state index contributed by atoms with van der Waals surface area (Å²) < 4.78 is 0. The van der Waals surface area contributed by atoms with E-state index in [-0.39, 0.29) is 0 Å². The van der Waals surface area contributed by atoms with Crippen molar-refractivity contribution in [2.45, 2.75) is 13.8 Å². The van der Waals surface area contributed by atoms with E-state index in [2.05, 4.69) is 6.07 Å². The fraction of sp³-hybridized carbons (Fsp3) is 0.133. The Bertz CT molecular complexity index is 471. The van der Waals surface area contributed by atoms with Gasteiger partial charge in [0.05, 0.1) is 11.6 Å². The molecular weight excluding hydrogens is 230 g/mol. The lowest BCUT2D eigenvalue weighted by Gasteiger charge is -1.88. The van der Waals surface area contributed by atoms with Gasteiger partial charge in [-0.15, -0.1) is 0 Å². The Morgan fingerprint density at radius 2 is 1.24 bits per heavy atom. The van der Waals surface area contributed by atoms with Gasteiger partial charge in [-0.2, -0.15) is 5.26 Å². The molecule has 0 aliphatic heterocycles. The lowest BCUT2D eigenvalue weighted by Crippen LogP contribution is -1.72. The average Bonchev–Trinajstić information content (AvgIpc) is 2.35. The molecule has 0 spiro atoms. The van der Waals surface area contributed by atoms with Gasteiger partial charge in [-0.25, -0.2) is 0 Å². The highest BCUT2D eigenvalue weighted by Crippen LogP contribution is 2.07. The van der Waals surface area contributed by atoms with Crippen LogP contribution in [0.3, 0.4) is 0 Å². The Hall–Kier alpha value is -1.78. The number of benzene rings is 2. The van der Waals surface area contributed by atoms with Crippen molar-refractivity contribution in [1.82, 2.24) is 0 Å². The maximum Gasteiger partial charge on any atom is 0.0991 e. The predicted molar refractivity (Wildman–Crippen MR) is 72.1 cm³/mol. The number of nitriles is 1. The van der Waals surface area contributed by atoms with Crippen LogP contribution in [0.1, 0.15) is 16.7 Å². The van der Waals surface area contributed by atoms with Gasteiger partial charge in [-0.05, 0) is 38.1 Å². The molecule has 2 aromatic rings. The van der Waals surface area contributed by atoms with E-state index in [9.17, 15) is 0 Å². The van der Waals surface area contributed by atoms with E-state index in [4.69, 9.17) is 16.9 Å². The Kier molecular flexibility index (Phi) is 5.26. The first kappa shape index (κ1) is 13.3. The van der Waals surface area contributed by atoms with Crippen LogP contribution in [0.5, 0.6) is 0 Å². The maximum absolute atomic E-state index is 8.38. The minimum absolute atomic E-state index is 0.723. The van der Waals surface area contributed by atoms with E-state index in [0.717, 1.165) is 10.6 Å². The monoisotopic (exact) mass is 243 g/mol. The smallest absolute Gasteiger partial charge is 0.0991 e. The third-order valence-electron chi connectivity index (χ3n) is 2.19. The molecule has 0 saturated heterocycles. The summed E-state index contributed by atoms with van der Waals surface area (Å²) in [5, 5.41) is 9.18. The molecule has 0 aliphatic carbocycles. The number of nitrogens with zero attached hydrogens (tertiary/aromatic N) is 1. The van der Waals surface area contributed by atoms with Crippen molar-refractivity contribution in [2.24, 2.45) is 0 Å². The van der Waals surface area contributed by atoms with Crippen LogP contribution in [-0.2, 0) is 0 Å². The number of rotatable bonds is 0. The fourth-order valence-electron chi connectivity index (χ4n) is 1.16. The average molecular weight is 244 g/mol. The van der Waals surface area contributed by atoms with Crippen molar-refractivity contribution in [3.63, 3.8) is 0 Å². The quantitative estimate of drug-likeness (QED) is 0.668. The van der Waals surface area contributed by atoms with Gasteiger partial charge in [0.2, 0.25) is 0 Å². The fourth-order valence-corrected chi connectivity index (χ4v) is 1.29. The third-order valence-corrected chi connectivity index (χ3v) is 2.44. The Labute approximate surface area is 107 Å². The van der Waals surface area contributed by atoms with Crippen molar-refractivity contribution in [2.75, 3.05) is 0 Å². The Morgan fingerprint density at radius 1 is 0.824 bits per heavy atom. The molecule has 0 aromatic heterocycles. The van der Waals surface area contributed by atoms with Crippen molar-refractivity contribution in [3.8, 4) is 6.07 Å². The molecule has 2 rings (SSSR count). The minimum Gasteiger partial charge on any atom is -0.192 e. The van der Waals surface area contributed by atoms with Crippen LogP contribution in [0, 0.1) is 25.2 Å². The van der Waals surface area contributed by atoms with Crippen molar-refractivity contribution in [1.29, 1.82) is 5.26 Å². The summed E-state index contributed by atoms with van der Waals surface area (Å²) in [5.41, 5.74) is 3.16. The molecule has 0 aliphatic rings. The topological polar surface area (TPSA) is 23.8 Å².